The Bertz CT molecular complexity index is 1450. The molecule has 0 amide bonds. The largest absolute Gasteiger partial charge is 0.870 e. The average Bonchev–Trinajstić information content (AvgIpc) is 2.94. The fourth-order valence-electron chi connectivity index (χ4n) is 3.94. The van der Waals surface area contributed by atoms with E-state index in [1.165, 1.54) is 13.2 Å². The Kier molecular flexibility index (Phi) is 10.9. The van der Waals surface area contributed by atoms with Crippen LogP contribution < -0.4 is 19.8 Å². The van der Waals surface area contributed by atoms with Crippen molar-refractivity contribution in [1.29, 1.82) is 0 Å². The van der Waals surface area contributed by atoms with Crippen LogP contribution in [0.2, 0.25) is 15.1 Å². The molecule has 1 heterocycles. The smallest absolute Gasteiger partial charge is 0.338 e. The summed E-state index contributed by atoms with van der Waals surface area (Å²) in [6.07, 6.45) is 2.75. The van der Waals surface area contributed by atoms with Gasteiger partial charge >= 0.3 is 5.97 Å². The van der Waals surface area contributed by atoms with Gasteiger partial charge in [0.1, 0.15) is 21.9 Å². The second-order valence-corrected chi connectivity index (χ2v) is 9.78. The standard InChI is InChI=1S/C29H25Cl3N2O5.H2O/c1-37-26-10-7-19(11-28(26)38-2)27(13-21-23(31)15-33-16-24(21)32)39-29(36)18-5-3-17(4-6-18)14-34-25-12-20(35)8-9-22(25)30;/h3-12,15-16,27,34-35H,13-14H2,1-2H3;1H2/t27-;/m0./s1. The van der Waals surface area contributed by atoms with Crippen LogP contribution in [0.25, 0.3) is 0 Å². The number of methoxy groups -OCH3 is 2. The van der Waals surface area contributed by atoms with Crippen molar-refractivity contribution in [2.45, 2.75) is 19.1 Å². The Morgan fingerprint density at radius 1 is 0.900 bits per heavy atom. The predicted octanol–water partition coefficient (Wildman–Crippen LogP) is 6.76. The quantitative estimate of drug-likeness (QED) is 0.192. The Morgan fingerprint density at radius 3 is 2.23 bits per heavy atom. The molecule has 0 unspecified atom stereocenters. The molecule has 4 N–H and O–H groups in total. The van der Waals surface area contributed by atoms with Gasteiger partial charge in [-0.2, -0.15) is 0 Å². The molecule has 1 atom stereocenters. The number of esters is 1. The molecular weight excluding hydrogens is 579 g/mol. The van der Waals surface area contributed by atoms with Crippen LogP contribution in [-0.4, -0.2) is 30.8 Å². The van der Waals surface area contributed by atoms with E-state index in [9.17, 15) is 9.90 Å². The molecule has 3 aromatic carbocycles. The fourth-order valence-corrected chi connectivity index (χ4v) is 4.66. The number of anilines is 1. The Morgan fingerprint density at radius 2 is 1.57 bits per heavy atom. The number of ether oxygens (including phenoxy) is 3. The third-order valence-corrected chi connectivity index (χ3v) is 7.04. The Labute approximate surface area is 246 Å². The third-order valence-electron chi connectivity index (χ3n) is 6.04. The number of pyridine rings is 1. The van der Waals surface area contributed by atoms with Crippen molar-refractivity contribution in [3.05, 3.63) is 110 Å². The minimum absolute atomic E-state index is 0. The number of hydrogen-bond donors (Lipinski definition) is 2. The second-order valence-electron chi connectivity index (χ2n) is 8.56. The summed E-state index contributed by atoms with van der Waals surface area (Å²) in [6, 6.07) is 17.0. The number of hydrogen-bond acceptors (Lipinski definition) is 7. The molecule has 0 aliphatic carbocycles. The molecule has 4 aromatic rings. The first-order chi connectivity index (χ1) is 18.8. The Hall–Kier alpha value is -3.69. The summed E-state index contributed by atoms with van der Waals surface area (Å²) < 4.78 is 16.8. The van der Waals surface area contributed by atoms with Gasteiger partial charge in [-0.3, -0.25) is 0 Å². The number of aromatic amines is 1. The SMILES string of the molecule is COc1ccc([C@H](Cc2c(Cl)c[nH+]cc2Cl)OC(=O)c2ccc(CNc3cc(O)ccc3Cl)cc2)cc1OC.[OH-]. The summed E-state index contributed by atoms with van der Waals surface area (Å²) in [7, 11) is 3.08. The molecule has 0 fully saturated rings. The van der Waals surface area contributed by atoms with E-state index in [2.05, 4.69) is 10.3 Å². The van der Waals surface area contributed by atoms with Crippen molar-refractivity contribution < 1.29 is 34.6 Å². The molecule has 0 spiro atoms. The van der Waals surface area contributed by atoms with E-state index in [1.807, 2.05) is 12.1 Å². The number of phenols is 1. The molecule has 40 heavy (non-hydrogen) atoms. The van der Waals surface area contributed by atoms with Gasteiger partial charge in [-0.1, -0.05) is 53.0 Å². The highest BCUT2D eigenvalue weighted by atomic mass is 35.5. The number of carbonyl (C=O) groups excluding carboxylic acids is 1. The van der Waals surface area contributed by atoms with Crippen molar-refractivity contribution in [2.75, 3.05) is 19.5 Å². The van der Waals surface area contributed by atoms with Crippen molar-refractivity contribution in [2.24, 2.45) is 0 Å². The molecule has 210 valence electrons. The summed E-state index contributed by atoms with van der Waals surface area (Å²) in [5.74, 6) is 0.645. The molecule has 0 bridgehead atoms. The first kappa shape index (κ1) is 30.8. The molecule has 0 saturated heterocycles. The van der Waals surface area contributed by atoms with Crippen LogP contribution in [0.15, 0.2) is 73.1 Å². The molecule has 0 aliphatic rings. The third kappa shape index (κ3) is 7.49. The lowest BCUT2D eigenvalue weighted by atomic mass is 10.0. The van der Waals surface area contributed by atoms with Crippen LogP contribution in [0.3, 0.4) is 0 Å². The predicted molar refractivity (Wildman–Crippen MR) is 153 cm³/mol. The molecular formula is C29H27Cl3N2O6. The van der Waals surface area contributed by atoms with Gasteiger partial charge in [-0.05, 0) is 47.5 Å². The normalized spacial score (nSPS) is 11.2. The number of carbonyl (C=O) groups is 1. The van der Waals surface area contributed by atoms with Gasteiger partial charge in [-0.15, -0.1) is 0 Å². The first-order valence-corrected chi connectivity index (χ1v) is 13.0. The summed E-state index contributed by atoms with van der Waals surface area (Å²) in [6.45, 7) is 0.439. The highest BCUT2D eigenvalue weighted by Crippen LogP contribution is 2.35. The highest BCUT2D eigenvalue weighted by Gasteiger charge is 2.24. The number of nitrogens with one attached hydrogen (secondary N) is 2. The van der Waals surface area contributed by atoms with E-state index >= 15 is 0 Å². The monoisotopic (exact) mass is 604 g/mol. The number of phenolic OH excluding ortho intramolecular Hbond substituents is 1. The summed E-state index contributed by atoms with van der Waals surface area (Å²) in [5, 5.41) is 14.2. The molecule has 0 aliphatic heterocycles. The second kappa shape index (κ2) is 14.1. The van der Waals surface area contributed by atoms with Crippen molar-refractivity contribution in [3.8, 4) is 17.2 Å². The van der Waals surface area contributed by atoms with Gasteiger partial charge in [0.2, 0.25) is 0 Å². The van der Waals surface area contributed by atoms with E-state index < -0.39 is 12.1 Å². The zero-order valence-corrected chi connectivity index (χ0v) is 23.8. The topological polar surface area (TPSA) is 121 Å². The minimum atomic E-state index is -0.719. The molecule has 8 nitrogen and oxygen atoms in total. The number of H-pyrrole nitrogens is 1. The van der Waals surface area contributed by atoms with Crippen LogP contribution in [0.5, 0.6) is 17.2 Å². The number of benzene rings is 3. The lowest BCUT2D eigenvalue weighted by Gasteiger charge is -2.20. The summed E-state index contributed by atoms with van der Waals surface area (Å²) >= 11 is 19.0. The van der Waals surface area contributed by atoms with Gasteiger partial charge in [0.25, 0.3) is 0 Å². The Balaban J connectivity index is 0.00000441. The minimum Gasteiger partial charge on any atom is -0.870 e. The zero-order valence-electron chi connectivity index (χ0n) is 21.6. The fraction of sp³-hybridized carbons (Fsp3) is 0.172. The van der Waals surface area contributed by atoms with E-state index in [-0.39, 0.29) is 17.6 Å². The summed E-state index contributed by atoms with van der Waals surface area (Å²) in [4.78, 5) is 16.1. The molecule has 4 rings (SSSR count). The van der Waals surface area contributed by atoms with Crippen molar-refractivity contribution >= 4 is 46.5 Å². The zero-order chi connectivity index (χ0) is 27.9. The molecule has 11 heteroatoms. The van der Waals surface area contributed by atoms with Gasteiger partial charge in [0.15, 0.2) is 23.9 Å². The molecule has 0 saturated carbocycles. The lowest BCUT2D eigenvalue weighted by Crippen LogP contribution is -2.16. The first-order valence-electron chi connectivity index (χ1n) is 11.9. The van der Waals surface area contributed by atoms with E-state index in [0.717, 1.165) is 5.56 Å². The van der Waals surface area contributed by atoms with Gasteiger partial charge in [0.05, 0.1) is 30.5 Å². The van der Waals surface area contributed by atoms with Crippen LogP contribution >= 0.6 is 34.8 Å². The van der Waals surface area contributed by atoms with Gasteiger partial charge in [-0.25, -0.2) is 9.78 Å². The van der Waals surface area contributed by atoms with E-state index in [0.29, 0.717) is 55.5 Å². The lowest BCUT2D eigenvalue weighted by molar-refractivity contribution is -0.377. The maximum Gasteiger partial charge on any atom is 0.338 e. The maximum absolute atomic E-state index is 13.2. The van der Waals surface area contributed by atoms with Crippen molar-refractivity contribution in [1.82, 2.24) is 0 Å². The van der Waals surface area contributed by atoms with E-state index in [4.69, 9.17) is 49.0 Å². The van der Waals surface area contributed by atoms with Crippen LogP contribution in [0, 0.1) is 0 Å². The summed E-state index contributed by atoms with van der Waals surface area (Å²) in [5.41, 5.74) is 3.20. The maximum atomic E-state index is 13.2. The molecule has 1 aromatic heterocycles. The van der Waals surface area contributed by atoms with Gasteiger partial charge < -0.3 is 30.1 Å². The van der Waals surface area contributed by atoms with E-state index in [1.54, 1.807) is 62.0 Å². The average molecular weight is 606 g/mol. The van der Waals surface area contributed by atoms with Crippen LogP contribution in [-0.2, 0) is 17.7 Å². The van der Waals surface area contributed by atoms with Crippen LogP contribution in [0.1, 0.15) is 33.2 Å². The number of aromatic hydroxyl groups is 1. The number of rotatable bonds is 10. The highest BCUT2D eigenvalue weighted by molar-refractivity contribution is 6.35. The van der Waals surface area contributed by atoms with Crippen molar-refractivity contribution in [3.63, 3.8) is 0 Å². The number of aromatic nitrogens is 1. The number of halogens is 3. The van der Waals surface area contributed by atoms with Gasteiger partial charge in [0, 0.05) is 24.6 Å². The van der Waals surface area contributed by atoms with Crippen LogP contribution in [0.4, 0.5) is 5.69 Å². The molecule has 0 radical (unpaired) electrons.